The third-order valence-electron chi connectivity index (χ3n) is 6.41. The minimum absolute atomic E-state index is 0.0670. The predicted molar refractivity (Wildman–Crippen MR) is 152 cm³/mol. The van der Waals surface area contributed by atoms with E-state index in [2.05, 4.69) is 20.6 Å². The van der Waals surface area contributed by atoms with Gasteiger partial charge in [0.1, 0.15) is 23.4 Å². The minimum atomic E-state index is -3.13. The molecule has 0 saturated carbocycles. The smallest absolute Gasteiger partial charge is 0.324 e. The van der Waals surface area contributed by atoms with Gasteiger partial charge >= 0.3 is 6.03 Å². The van der Waals surface area contributed by atoms with E-state index in [-0.39, 0.29) is 35.9 Å². The first-order chi connectivity index (χ1) is 18.4. The van der Waals surface area contributed by atoms with Gasteiger partial charge in [-0.05, 0) is 29.2 Å². The zero-order chi connectivity index (χ0) is 27.9. The van der Waals surface area contributed by atoms with Gasteiger partial charge in [0.2, 0.25) is 5.71 Å². The summed E-state index contributed by atoms with van der Waals surface area (Å²) in [6, 6.07) is 8.38. The molecule has 0 aliphatic carbocycles. The van der Waals surface area contributed by atoms with E-state index in [1.807, 2.05) is 32.9 Å². The van der Waals surface area contributed by atoms with Gasteiger partial charge in [0.25, 0.3) is 5.91 Å². The van der Waals surface area contributed by atoms with Crippen LogP contribution < -0.4 is 16.4 Å². The molecule has 13 heteroatoms. The number of benzene rings is 1. The van der Waals surface area contributed by atoms with Gasteiger partial charge in [-0.3, -0.25) is 10.1 Å². The summed E-state index contributed by atoms with van der Waals surface area (Å²) in [5.74, 6) is -0.121. The number of fused-ring (bicyclic) bond motifs is 1. The Morgan fingerprint density at radius 2 is 1.77 bits per heavy atom. The highest BCUT2D eigenvalue weighted by atomic mass is 32.2. The van der Waals surface area contributed by atoms with Crippen molar-refractivity contribution in [1.82, 2.24) is 14.9 Å². The predicted octanol–water partition coefficient (Wildman–Crippen LogP) is 4.35. The zero-order valence-electron chi connectivity index (χ0n) is 21.6. The lowest BCUT2D eigenvalue weighted by Crippen LogP contribution is -2.43. The Labute approximate surface area is 229 Å². The molecule has 0 spiro atoms. The second-order valence-electron chi connectivity index (χ2n) is 10.3. The standard InChI is InChI=1S/C26H28N6O5S2/c1-26(2,3)19-12-17(24(33)32-8-10-39(35,36)11-9-32)23(38-19)31-25(34)30-16-6-4-15(5-7-16)18-13-37-22-20(18)21(27)28-14-29-22/h4-7,12-14H,8-11H2,1-3H3,(H2,27,28,29)(H2,30,31,34). The first-order valence-corrected chi connectivity index (χ1v) is 14.9. The van der Waals surface area contributed by atoms with Gasteiger partial charge in [-0.2, -0.15) is 0 Å². The molecule has 4 heterocycles. The molecule has 0 radical (unpaired) electrons. The fourth-order valence-electron chi connectivity index (χ4n) is 4.21. The van der Waals surface area contributed by atoms with E-state index in [1.54, 1.807) is 24.5 Å². The van der Waals surface area contributed by atoms with Crippen LogP contribution in [0.4, 0.5) is 21.3 Å². The van der Waals surface area contributed by atoms with Crippen molar-refractivity contribution in [1.29, 1.82) is 0 Å². The molecule has 39 heavy (non-hydrogen) atoms. The molecule has 1 aliphatic heterocycles. The molecule has 5 rings (SSSR count). The van der Waals surface area contributed by atoms with E-state index in [4.69, 9.17) is 10.2 Å². The molecule has 0 atom stereocenters. The van der Waals surface area contributed by atoms with Crippen molar-refractivity contribution in [3.63, 3.8) is 0 Å². The Bertz CT molecular complexity index is 1660. The molecule has 3 amide bonds. The maximum Gasteiger partial charge on any atom is 0.324 e. The number of carbonyl (C=O) groups excluding carboxylic acids is 2. The SMILES string of the molecule is CC(C)(C)c1cc(C(=O)N2CCS(=O)(=O)CC2)c(NC(=O)Nc2ccc(-c3coc4ncnc(N)c34)cc2)s1. The van der Waals surface area contributed by atoms with Crippen molar-refractivity contribution in [3.8, 4) is 11.1 Å². The molecule has 3 aromatic heterocycles. The molecule has 1 fully saturated rings. The van der Waals surface area contributed by atoms with Crippen LogP contribution in [0.15, 0.2) is 47.3 Å². The monoisotopic (exact) mass is 568 g/mol. The number of nitrogens with one attached hydrogen (secondary N) is 2. The second-order valence-corrected chi connectivity index (χ2v) is 13.6. The average molecular weight is 569 g/mol. The minimum Gasteiger partial charge on any atom is -0.445 e. The van der Waals surface area contributed by atoms with Crippen molar-refractivity contribution in [2.24, 2.45) is 0 Å². The van der Waals surface area contributed by atoms with Crippen LogP contribution in [0.3, 0.4) is 0 Å². The number of nitrogens with zero attached hydrogens (tertiary/aromatic N) is 3. The highest BCUT2D eigenvalue weighted by Crippen LogP contribution is 2.37. The first kappa shape index (κ1) is 26.6. The van der Waals surface area contributed by atoms with Crippen LogP contribution in [0.1, 0.15) is 36.0 Å². The van der Waals surface area contributed by atoms with E-state index >= 15 is 0 Å². The van der Waals surface area contributed by atoms with Gasteiger partial charge < -0.3 is 20.4 Å². The number of urea groups is 1. The average Bonchev–Trinajstić information content (AvgIpc) is 3.50. The number of hydrogen-bond acceptors (Lipinski definition) is 9. The lowest BCUT2D eigenvalue weighted by atomic mass is 9.94. The van der Waals surface area contributed by atoms with Gasteiger partial charge in [-0.15, -0.1) is 11.3 Å². The molecule has 0 bridgehead atoms. The van der Waals surface area contributed by atoms with Crippen molar-refractivity contribution in [3.05, 3.63) is 53.4 Å². The number of nitrogens with two attached hydrogens (primary N) is 1. The lowest BCUT2D eigenvalue weighted by molar-refractivity contribution is 0.0771. The molecular weight excluding hydrogens is 540 g/mol. The summed E-state index contributed by atoms with van der Waals surface area (Å²) in [7, 11) is -3.13. The third-order valence-corrected chi connectivity index (χ3v) is 9.50. The number of hydrogen-bond donors (Lipinski definition) is 3. The Hall–Kier alpha value is -3.97. The van der Waals surface area contributed by atoms with Gasteiger partial charge in [0.15, 0.2) is 9.84 Å². The summed E-state index contributed by atoms with van der Waals surface area (Å²) in [5, 5.41) is 6.64. The number of furan rings is 1. The summed E-state index contributed by atoms with van der Waals surface area (Å²) < 4.78 is 29.1. The maximum absolute atomic E-state index is 13.3. The van der Waals surface area contributed by atoms with Crippen molar-refractivity contribution >= 4 is 60.7 Å². The Morgan fingerprint density at radius 1 is 1.08 bits per heavy atom. The molecule has 1 saturated heterocycles. The van der Waals surface area contributed by atoms with E-state index in [1.165, 1.54) is 22.6 Å². The quantitative estimate of drug-likeness (QED) is 0.328. The number of anilines is 3. The highest BCUT2D eigenvalue weighted by Gasteiger charge is 2.30. The first-order valence-electron chi connectivity index (χ1n) is 12.2. The second kappa shape index (κ2) is 9.97. The molecule has 11 nitrogen and oxygen atoms in total. The number of carbonyl (C=O) groups is 2. The van der Waals surface area contributed by atoms with Crippen LogP contribution in [-0.4, -0.2) is 59.8 Å². The molecule has 4 N–H and O–H groups in total. The number of sulfone groups is 1. The third kappa shape index (κ3) is 5.59. The highest BCUT2D eigenvalue weighted by molar-refractivity contribution is 7.91. The number of thiophene rings is 1. The molecule has 4 aromatic rings. The van der Waals surface area contributed by atoms with Crippen molar-refractivity contribution in [2.45, 2.75) is 26.2 Å². The summed E-state index contributed by atoms with van der Waals surface area (Å²) in [4.78, 5) is 36.8. The zero-order valence-corrected chi connectivity index (χ0v) is 23.3. The number of nitrogen functional groups attached to an aromatic ring is 1. The van der Waals surface area contributed by atoms with Crippen LogP contribution in [0.25, 0.3) is 22.2 Å². The van der Waals surface area contributed by atoms with E-state index in [9.17, 15) is 18.0 Å². The maximum atomic E-state index is 13.3. The normalized spacial score (nSPS) is 15.3. The topological polar surface area (TPSA) is 161 Å². The summed E-state index contributed by atoms with van der Waals surface area (Å²) in [6.07, 6.45) is 2.90. The lowest BCUT2D eigenvalue weighted by Gasteiger charge is -2.26. The summed E-state index contributed by atoms with van der Waals surface area (Å²) in [5.41, 5.74) is 8.58. The van der Waals surface area contributed by atoms with Gasteiger partial charge in [0.05, 0.1) is 22.5 Å². The van der Waals surface area contributed by atoms with Crippen LogP contribution in [0, 0.1) is 0 Å². The van der Waals surface area contributed by atoms with E-state index in [0.717, 1.165) is 16.0 Å². The van der Waals surface area contributed by atoms with Gasteiger partial charge in [-0.25, -0.2) is 23.2 Å². The fourth-order valence-corrected chi connectivity index (χ4v) is 6.51. The van der Waals surface area contributed by atoms with Crippen LogP contribution in [0.5, 0.6) is 0 Å². The number of rotatable bonds is 4. The largest absolute Gasteiger partial charge is 0.445 e. The van der Waals surface area contributed by atoms with E-state index in [0.29, 0.717) is 33.2 Å². The van der Waals surface area contributed by atoms with Crippen molar-refractivity contribution < 1.29 is 22.4 Å². The number of amides is 3. The summed E-state index contributed by atoms with van der Waals surface area (Å²) in [6.45, 7) is 6.33. The Kier molecular flexibility index (Phi) is 6.81. The molecule has 0 unspecified atom stereocenters. The summed E-state index contributed by atoms with van der Waals surface area (Å²) >= 11 is 1.33. The molecule has 1 aromatic carbocycles. The Morgan fingerprint density at radius 3 is 2.44 bits per heavy atom. The van der Waals surface area contributed by atoms with Crippen LogP contribution in [0.2, 0.25) is 0 Å². The molecule has 204 valence electrons. The molecule has 1 aliphatic rings. The number of aromatic nitrogens is 2. The molecular formula is C26H28N6O5S2. The van der Waals surface area contributed by atoms with Crippen molar-refractivity contribution in [2.75, 3.05) is 41.0 Å². The fraction of sp³-hybridized carbons (Fsp3) is 0.308. The Balaban J connectivity index is 1.33. The van der Waals surface area contributed by atoms with Gasteiger partial charge in [-0.1, -0.05) is 32.9 Å². The van der Waals surface area contributed by atoms with Crippen LogP contribution >= 0.6 is 11.3 Å². The van der Waals surface area contributed by atoms with Gasteiger partial charge in [0, 0.05) is 29.2 Å². The van der Waals surface area contributed by atoms with Crippen LogP contribution in [-0.2, 0) is 15.3 Å². The van der Waals surface area contributed by atoms with E-state index < -0.39 is 15.9 Å².